The van der Waals surface area contributed by atoms with Crippen LogP contribution in [0.4, 0.5) is 5.69 Å². The van der Waals surface area contributed by atoms with Gasteiger partial charge in [-0.2, -0.15) is 0 Å². The van der Waals surface area contributed by atoms with Crippen molar-refractivity contribution in [3.8, 4) is 5.75 Å². The summed E-state index contributed by atoms with van der Waals surface area (Å²) in [5.74, 6) is 1.23. The summed E-state index contributed by atoms with van der Waals surface area (Å²) in [7, 11) is 1.69. The van der Waals surface area contributed by atoms with E-state index in [2.05, 4.69) is 41.7 Å². The van der Waals surface area contributed by atoms with Crippen molar-refractivity contribution < 1.29 is 9.84 Å². The zero-order valence-electron chi connectivity index (χ0n) is 12.3. The van der Waals surface area contributed by atoms with Crippen molar-refractivity contribution in [3.63, 3.8) is 0 Å². The summed E-state index contributed by atoms with van der Waals surface area (Å²) in [5.41, 5.74) is 3.69. The van der Waals surface area contributed by atoms with Crippen LogP contribution < -0.4 is 10.1 Å². The first kappa shape index (κ1) is 14.0. The standard InChI is InChI=1S/C18H21NO2/c1-21-15-7-8-17-16(12-15)14(9-10-20)11-18(19-17)13-5-3-2-4-6-13/h2-8,12,14,18-20H,9-11H2,1H3. The van der Waals surface area contributed by atoms with Gasteiger partial charge in [-0.1, -0.05) is 30.3 Å². The number of rotatable bonds is 4. The number of methoxy groups -OCH3 is 1. The van der Waals surface area contributed by atoms with E-state index in [4.69, 9.17) is 4.74 Å². The monoisotopic (exact) mass is 283 g/mol. The van der Waals surface area contributed by atoms with Crippen molar-refractivity contribution in [2.75, 3.05) is 19.0 Å². The predicted octanol–water partition coefficient (Wildman–Crippen LogP) is 3.72. The molecule has 0 aliphatic carbocycles. The molecule has 1 heterocycles. The molecular weight excluding hydrogens is 262 g/mol. The molecule has 2 aromatic rings. The molecule has 3 nitrogen and oxygen atoms in total. The maximum Gasteiger partial charge on any atom is 0.119 e. The average Bonchev–Trinajstić information content (AvgIpc) is 2.55. The van der Waals surface area contributed by atoms with E-state index in [1.807, 2.05) is 12.1 Å². The molecule has 1 aliphatic rings. The van der Waals surface area contributed by atoms with Gasteiger partial charge in [-0.05, 0) is 48.1 Å². The molecule has 0 spiro atoms. The molecule has 0 radical (unpaired) electrons. The number of benzene rings is 2. The van der Waals surface area contributed by atoms with Gasteiger partial charge in [0.15, 0.2) is 0 Å². The van der Waals surface area contributed by atoms with Crippen LogP contribution in [0.3, 0.4) is 0 Å². The van der Waals surface area contributed by atoms with Crippen molar-refractivity contribution in [3.05, 3.63) is 59.7 Å². The fourth-order valence-electron chi connectivity index (χ4n) is 3.13. The van der Waals surface area contributed by atoms with Gasteiger partial charge in [0.1, 0.15) is 5.75 Å². The minimum atomic E-state index is 0.211. The van der Waals surface area contributed by atoms with E-state index in [0.717, 1.165) is 24.3 Å². The molecule has 2 unspecified atom stereocenters. The molecule has 0 saturated heterocycles. The van der Waals surface area contributed by atoms with Gasteiger partial charge < -0.3 is 15.2 Å². The Morgan fingerprint density at radius 3 is 2.71 bits per heavy atom. The minimum absolute atomic E-state index is 0.211. The highest BCUT2D eigenvalue weighted by atomic mass is 16.5. The Bertz CT molecular complexity index is 597. The maximum absolute atomic E-state index is 9.38. The Labute approximate surface area is 125 Å². The zero-order valence-corrected chi connectivity index (χ0v) is 12.3. The number of nitrogens with one attached hydrogen (secondary N) is 1. The molecule has 2 aromatic carbocycles. The molecule has 110 valence electrons. The molecule has 0 bridgehead atoms. The molecular formula is C18H21NO2. The molecule has 0 fully saturated rings. The van der Waals surface area contributed by atoms with Gasteiger partial charge in [0.05, 0.1) is 13.2 Å². The third-order valence-corrected chi connectivity index (χ3v) is 4.23. The Morgan fingerprint density at radius 1 is 1.19 bits per heavy atom. The molecule has 2 atom stereocenters. The quantitative estimate of drug-likeness (QED) is 0.898. The summed E-state index contributed by atoms with van der Waals surface area (Å²) in [6.07, 6.45) is 1.77. The Morgan fingerprint density at radius 2 is 2.00 bits per heavy atom. The van der Waals surface area contributed by atoms with E-state index in [1.165, 1.54) is 11.1 Å². The number of aliphatic hydroxyl groups excluding tert-OH is 1. The van der Waals surface area contributed by atoms with Gasteiger partial charge in [0.2, 0.25) is 0 Å². The van der Waals surface area contributed by atoms with E-state index in [-0.39, 0.29) is 6.61 Å². The minimum Gasteiger partial charge on any atom is -0.497 e. The van der Waals surface area contributed by atoms with E-state index in [0.29, 0.717) is 12.0 Å². The lowest BCUT2D eigenvalue weighted by molar-refractivity contribution is 0.269. The molecule has 1 aliphatic heterocycles. The first-order chi connectivity index (χ1) is 10.3. The Hall–Kier alpha value is -2.00. The topological polar surface area (TPSA) is 41.5 Å². The highest BCUT2D eigenvalue weighted by Crippen LogP contribution is 2.42. The van der Waals surface area contributed by atoms with Crippen LogP contribution in [0.25, 0.3) is 0 Å². The van der Waals surface area contributed by atoms with Crippen LogP contribution >= 0.6 is 0 Å². The molecule has 0 aromatic heterocycles. The summed E-state index contributed by atoms with van der Waals surface area (Å²) in [4.78, 5) is 0. The van der Waals surface area contributed by atoms with Crippen molar-refractivity contribution in [1.29, 1.82) is 0 Å². The molecule has 0 amide bonds. The predicted molar refractivity (Wildman–Crippen MR) is 84.9 cm³/mol. The van der Waals surface area contributed by atoms with Crippen LogP contribution in [0.15, 0.2) is 48.5 Å². The lowest BCUT2D eigenvalue weighted by Gasteiger charge is -2.33. The van der Waals surface area contributed by atoms with Crippen molar-refractivity contribution in [2.45, 2.75) is 24.8 Å². The second-order valence-electron chi connectivity index (χ2n) is 5.51. The third-order valence-electron chi connectivity index (χ3n) is 4.23. The van der Waals surface area contributed by atoms with Crippen LogP contribution in [0.1, 0.15) is 35.9 Å². The molecule has 0 saturated carbocycles. The second-order valence-corrected chi connectivity index (χ2v) is 5.51. The SMILES string of the molecule is COc1ccc2c(c1)C(CCO)CC(c1ccccc1)N2. The lowest BCUT2D eigenvalue weighted by Crippen LogP contribution is -2.22. The largest absolute Gasteiger partial charge is 0.497 e. The van der Waals surface area contributed by atoms with Crippen LogP contribution in [-0.2, 0) is 0 Å². The first-order valence-corrected chi connectivity index (χ1v) is 7.42. The Kier molecular flexibility index (Phi) is 4.11. The fourth-order valence-corrected chi connectivity index (χ4v) is 3.13. The number of hydrogen-bond donors (Lipinski definition) is 2. The van der Waals surface area contributed by atoms with E-state index in [9.17, 15) is 5.11 Å². The number of ether oxygens (including phenoxy) is 1. The maximum atomic E-state index is 9.38. The van der Waals surface area contributed by atoms with E-state index < -0.39 is 0 Å². The van der Waals surface area contributed by atoms with E-state index >= 15 is 0 Å². The van der Waals surface area contributed by atoms with Gasteiger partial charge in [-0.15, -0.1) is 0 Å². The number of aliphatic hydroxyl groups is 1. The van der Waals surface area contributed by atoms with E-state index in [1.54, 1.807) is 7.11 Å². The van der Waals surface area contributed by atoms with Crippen LogP contribution in [0, 0.1) is 0 Å². The highest BCUT2D eigenvalue weighted by molar-refractivity contribution is 5.59. The van der Waals surface area contributed by atoms with Gasteiger partial charge in [0.25, 0.3) is 0 Å². The molecule has 21 heavy (non-hydrogen) atoms. The van der Waals surface area contributed by atoms with Crippen molar-refractivity contribution in [2.24, 2.45) is 0 Å². The third kappa shape index (κ3) is 2.88. The van der Waals surface area contributed by atoms with Gasteiger partial charge in [-0.25, -0.2) is 0 Å². The van der Waals surface area contributed by atoms with Gasteiger partial charge in [-0.3, -0.25) is 0 Å². The van der Waals surface area contributed by atoms with Gasteiger partial charge in [0, 0.05) is 12.3 Å². The van der Waals surface area contributed by atoms with Crippen LogP contribution in [0.2, 0.25) is 0 Å². The highest BCUT2D eigenvalue weighted by Gasteiger charge is 2.27. The Balaban J connectivity index is 1.94. The molecule has 2 N–H and O–H groups in total. The first-order valence-electron chi connectivity index (χ1n) is 7.42. The van der Waals surface area contributed by atoms with Crippen LogP contribution in [-0.4, -0.2) is 18.8 Å². The lowest BCUT2D eigenvalue weighted by atomic mass is 9.82. The van der Waals surface area contributed by atoms with Crippen molar-refractivity contribution >= 4 is 5.69 Å². The summed E-state index contributed by atoms with van der Waals surface area (Å²) < 4.78 is 5.33. The van der Waals surface area contributed by atoms with Gasteiger partial charge >= 0.3 is 0 Å². The summed E-state index contributed by atoms with van der Waals surface area (Å²) in [5, 5.41) is 13.0. The number of fused-ring (bicyclic) bond motifs is 1. The average molecular weight is 283 g/mol. The fraction of sp³-hybridized carbons (Fsp3) is 0.333. The summed E-state index contributed by atoms with van der Waals surface area (Å²) in [6, 6.07) is 16.9. The summed E-state index contributed by atoms with van der Waals surface area (Å²) >= 11 is 0. The van der Waals surface area contributed by atoms with Crippen LogP contribution in [0.5, 0.6) is 5.75 Å². The number of anilines is 1. The molecule has 3 heteroatoms. The number of hydrogen-bond acceptors (Lipinski definition) is 3. The van der Waals surface area contributed by atoms with Crippen molar-refractivity contribution in [1.82, 2.24) is 0 Å². The summed E-state index contributed by atoms with van der Waals surface area (Å²) in [6.45, 7) is 0.211. The zero-order chi connectivity index (χ0) is 14.7. The smallest absolute Gasteiger partial charge is 0.119 e. The second kappa shape index (κ2) is 6.19. The molecule has 3 rings (SSSR count). The normalized spacial score (nSPS) is 20.5.